The zero-order valence-electron chi connectivity index (χ0n) is 17.5. The van der Waals surface area contributed by atoms with Crippen molar-refractivity contribution in [3.8, 4) is 0 Å². The molecule has 0 unspecified atom stereocenters. The molecule has 1 aliphatic heterocycles. The summed E-state index contributed by atoms with van der Waals surface area (Å²) in [6.45, 7) is 0. The van der Waals surface area contributed by atoms with Gasteiger partial charge in [0.2, 0.25) is 0 Å². The molecule has 0 N–H and O–H groups in total. The molecule has 0 amide bonds. The molecular weight excluding hydrogens is 487 g/mol. The molecule has 0 aromatic heterocycles. The highest BCUT2D eigenvalue weighted by atomic mass is 35.5. The first kappa shape index (κ1) is 21.4. The fraction of sp³-hybridized carbons (Fsp3) is 0.103. The van der Waals surface area contributed by atoms with Crippen molar-refractivity contribution in [2.45, 2.75) is 14.5 Å². The van der Waals surface area contributed by atoms with Gasteiger partial charge >= 0.3 is 0 Å². The standard InChI is InChI=1S/C29H19Cl3S/c30-26-25(20-12-4-1-5-13-20)33-28(22-16-8-3-9-17-22)24-19-11-10-18-23(24)27(26,29(28,31)32)21-14-6-2-7-15-21/h1-19H/t27-,28-/m0/s1. The summed E-state index contributed by atoms with van der Waals surface area (Å²) in [7, 11) is 0. The lowest BCUT2D eigenvalue weighted by molar-refractivity contribution is 0.517. The van der Waals surface area contributed by atoms with Crippen LogP contribution in [0, 0.1) is 0 Å². The highest BCUT2D eigenvalue weighted by Gasteiger charge is 2.75. The maximum atomic E-state index is 7.66. The fourth-order valence-electron chi connectivity index (χ4n) is 5.46. The van der Waals surface area contributed by atoms with Crippen LogP contribution in [0.4, 0.5) is 0 Å². The second kappa shape index (κ2) is 7.68. The Morgan fingerprint density at radius 1 is 0.545 bits per heavy atom. The Hall–Kier alpha value is -2.16. The highest BCUT2D eigenvalue weighted by Crippen LogP contribution is 2.78. The fourth-order valence-corrected chi connectivity index (χ4v) is 9.02. The van der Waals surface area contributed by atoms with E-state index in [0.717, 1.165) is 32.7 Å². The minimum atomic E-state index is -1.29. The van der Waals surface area contributed by atoms with E-state index in [1.165, 1.54) is 0 Å². The van der Waals surface area contributed by atoms with E-state index in [-0.39, 0.29) is 0 Å². The molecule has 0 fully saturated rings. The number of halogens is 3. The smallest absolute Gasteiger partial charge is 0.104 e. The van der Waals surface area contributed by atoms with Gasteiger partial charge in [0.15, 0.2) is 4.33 Å². The summed E-state index contributed by atoms with van der Waals surface area (Å²) in [4.78, 5) is 0.998. The van der Waals surface area contributed by atoms with Crippen LogP contribution < -0.4 is 0 Å². The van der Waals surface area contributed by atoms with Gasteiger partial charge in [0.25, 0.3) is 0 Å². The second-order valence-corrected chi connectivity index (χ2v) is 11.3. The summed E-state index contributed by atoms with van der Waals surface area (Å²) < 4.78 is -2.04. The molecule has 2 aliphatic rings. The minimum absolute atomic E-state index is 0.659. The van der Waals surface area contributed by atoms with E-state index in [1.807, 2.05) is 60.7 Å². The monoisotopic (exact) mass is 504 g/mol. The van der Waals surface area contributed by atoms with Crippen LogP contribution in [-0.4, -0.2) is 4.33 Å². The summed E-state index contributed by atoms with van der Waals surface area (Å²) in [6.07, 6.45) is 0. The lowest BCUT2D eigenvalue weighted by Gasteiger charge is -2.51. The molecule has 0 spiro atoms. The van der Waals surface area contributed by atoms with Gasteiger partial charge in [0.05, 0.1) is 10.4 Å². The molecule has 1 heterocycles. The molecule has 0 nitrogen and oxygen atoms in total. The number of benzene rings is 4. The van der Waals surface area contributed by atoms with Crippen LogP contribution in [0.3, 0.4) is 0 Å². The van der Waals surface area contributed by atoms with Gasteiger partial charge in [-0.2, -0.15) is 0 Å². The normalized spacial score (nSPS) is 25.1. The molecule has 1 aliphatic carbocycles. The molecule has 4 heteroatoms. The molecule has 2 bridgehead atoms. The molecule has 6 rings (SSSR count). The van der Waals surface area contributed by atoms with E-state index in [1.54, 1.807) is 11.8 Å². The van der Waals surface area contributed by atoms with E-state index in [0.29, 0.717) is 5.03 Å². The Morgan fingerprint density at radius 2 is 1.03 bits per heavy atom. The van der Waals surface area contributed by atoms with Gasteiger partial charge in [-0.3, -0.25) is 0 Å². The molecule has 4 aromatic rings. The SMILES string of the molecule is ClC1=C(c2ccccc2)S[C@@]2(c3ccccc3)c3ccccc3[C@]1(c1ccccc1)C2(Cl)Cl. The predicted octanol–water partition coefficient (Wildman–Crippen LogP) is 8.76. The van der Waals surface area contributed by atoms with Gasteiger partial charge in [0.1, 0.15) is 4.75 Å². The van der Waals surface area contributed by atoms with Crippen molar-refractivity contribution in [2.75, 3.05) is 0 Å². The van der Waals surface area contributed by atoms with Crippen LogP contribution in [0.1, 0.15) is 27.8 Å². The van der Waals surface area contributed by atoms with E-state index >= 15 is 0 Å². The van der Waals surface area contributed by atoms with E-state index in [4.69, 9.17) is 34.8 Å². The largest absolute Gasteiger partial charge is 0.159 e. The summed E-state index contributed by atoms with van der Waals surface area (Å²) >= 11 is 24.4. The average Bonchev–Trinajstić information content (AvgIpc) is 2.96. The number of thioether (sulfide) groups is 1. The Labute approximate surface area is 213 Å². The van der Waals surface area contributed by atoms with Crippen molar-refractivity contribution < 1.29 is 0 Å². The van der Waals surface area contributed by atoms with Crippen molar-refractivity contribution in [1.29, 1.82) is 0 Å². The highest BCUT2D eigenvalue weighted by molar-refractivity contribution is 8.09. The average molecular weight is 506 g/mol. The third kappa shape index (κ3) is 2.63. The number of alkyl halides is 2. The van der Waals surface area contributed by atoms with Crippen LogP contribution >= 0.6 is 46.6 Å². The first-order valence-corrected chi connectivity index (χ1v) is 12.7. The molecular formula is C29H19Cl3S. The molecule has 0 saturated heterocycles. The second-order valence-electron chi connectivity index (χ2n) is 8.39. The van der Waals surface area contributed by atoms with Crippen LogP contribution in [0.5, 0.6) is 0 Å². The number of rotatable bonds is 3. The molecule has 162 valence electrons. The summed E-state index contributed by atoms with van der Waals surface area (Å²) in [6, 6.07) is 39.2. The quantitative estimate of drug-likeness (QED) is 0.251. The van der Waals surface area contributed by atoms with Crippen molar-refractivity contribution in [3.63, 3.8) is 0 Å². The van der Waals surface area contributed by atoms with Crippen LogP contribution in [0.2, 0.25) is 0 Å². The molecule has 0 radical (unpaired) electrons. The van der Waals surface area contributed by atoms with Crippen molar-refractivity contribution >= 4 is 51.5 Å². The number of hydrogen-bond acceptors (Lipinski definition) is 1. The zero-order valence-corrected chi connectivity index (χ0v) is 20.6. The first-order chi connectivity index (χ1) is 16.0. The molecule has 4 aromatic carbocycles. The van der Waals surface area contributed by atoms with Crippen molar-refractivity contribution in [2.24, 2.45) is 0 Å². The lowest BCUT2D eigenvalue weighted by atomic mass is 9.72. The topological polar surface area (TPSA) is 0 Å². The minimum Gasteiger partial charge on any atom is -0.104 e. The Balaban J connectivity index is 1.82. The van der Waals surface area contributed by atoms with Gasteiger partial charge < -0.3 is 0 Å². The predicted molar refractivity (Wildman–Crippen MR) is 142 cm³/mol. The Bertz CT molecular complexity index is 1370. The molecule has 0 saturated carbocycles. The van der Waals surface area contributed by atoms with E-state index in [2.05, 4.69) is 54.6 Å². The van der Waals surface area contributed by atoms with Crippen molar-refractivity contribution in [1.82, 2.24) is 0 Å². The summed E-state index contributed by atoms with van der Waals surface area (Å²) in [5.41, 5.74) is 4.32. The van der Waals surface area contributed by atoms with Crippen molar-refractivity contribution in [3.05, 3.63) is 148 Å². The summed E-state index contributed by atoms with van der Waals surface area (Å²) in [5, 5.41) is 0.659. The Morgan fingerprint density at radius 3 is 1.64 bits per heavy atom. The molecule has 33 heavy (non-hydrogen) atoms. The maximum Gasteiger partial charge on any atom is 0.159 e. The number of allylic oxidation sites excluding steroid dienone is 1. The number of fused-ring (bicyclic) bond motifs is 5. The zero-order chi connectivity index (χ0) is 22.7. The Kier molecular flexibility index (Phi) is 4.98. The van der Waals surface area contributed by atoms with E-state index < -0.39 is 14.5 Å². The van der Waals surface area contributed by atoms with Crippen LogP contribution in [0.15, 0.2) is 120 Å². The lowest BCUT2D eigenvalue weighted by Crippen LogP contribution is -2.53. The third-order valence-corrected chi connectivity index (χ3v) is 10.5. The van der Waals surface area contributed by atoms with Gasteiger partial charge in [-0.05, 0) is 27.8 Å². The number of hydrogen-bond donors (Lipinski definition) is 0. The summed E-state index contributed by atoms with van der Waals surface area (Å²) in [5.74, 6) is 0. The maximum absolute atomic E-state index is 7.66. The molecule has 2 atom stereocenters. The van der Waals surface area contributed by atoms with Gasteiger partial charge in [-0.15, -0.1) is 11.8 Å². The van der Waals surface area contributed by atoms with Crippen LogP contribution in [0.25, 0.3) is 4.91 Å². The van der Waals surface area contributed by atoms with Gasteiger partial charge in [-0.1, -0.05) is 150 Å². The van der Waals surface area contributed by atoms with Gasteiger partial charge in [0, 0.05) is 4.91 Å². The third-order valence-electron chi connectivity index (χ3n) is 6.83. The first-order valence-electron chi connectivity index (χ1n) is 10.8. The van der Waals surface area contributed by atoms with Gasteiger partial charge in [-0.25, -0.2) is 0 Å². The van der Waals surface area contributed by atoms with Crippen LogP contribution in [-0.2, 0) is 10.2 Å². The van der Waals surface area contributed by atoms with E-state index in [9.17, 15) is 0 Å².